The van der Waals surface area contributed by atoms with Gasteiger partial charge in [0, 0.05) is 6.04 Å². The van der Waals surface area contributed by atoms with Gasteiger partial charge in [-0.1, -0.05) is 48.0 Å². The Morgan fingerprint density at radius 1 is 1.07 bits per heavy atom. The van der Waals surface area contributed by atoms with Gasteiger partial charge in [-0.25, -0.2) is 0 Å². The first-order valence-electron chi connectivity index (χ1n) is 6.48. The Balaban J connectivity index is 4.10. The minimum Gasteiger partial charge on any atom is -0.317 e. The van der Waals surface area contributed by atoms with E-state index >= 15 is 0 Å². The highest BCUT2D eigenvalue weighted by atomic mass is 14.9. The van der Waals surface area contributed by atoms with Crippen LogP contribution in [-0.4, -0.2) is 13.1 Å². The first-order valence-corrected chi connectivity index (χ1v) is 6.48. The molecule has 0 aliphatic carbocycles. The largest absolute Gasteiger partial charge is 0.317 e. The molecule has 15 heavy (non-hydrogen) atoms. The molecule has 1 nitrogen and oxygen atoms in total. The Hall–Kier alpha value is -0.0400. The van der Waals surface area contributed by atoms with E-state index < -0.39 is 0 Å². The summed E-state index contributed by atoms with van der Waals surface area (Å²) in [4.78, 5) is 0. The monoisotopic (exact) mass is 213 g/mol. The molecule has 0 heterocycles. The smallest absolute Gasteiger partial charge is 0.00693 e. The summed E-state index contributed by atoms with van der Waals surface area (Å²) in [6, 6.07) is 0.689. The summed E-state index contributed by atoms with van der Waals surface area (Å²) >= 11 is 0. The minimum absolute atomic E-state index is 0.435. The van der Waals surface area contributed by atoms with Crippen molar-refractivity contribution >= 4 is 0 Å². The summed E-state index contributed by atoms with van der Waals surface area (Å²) in [6.07, 6.45) is 3.90. The van der Waals surface area contributed by atoms with E-state index in [-0.39, 0.29) is 0 Å². The van der Waals surface area contributed by atoms with Gasteiger partial charge in [0.15, 0.2) is 0 Å². The van der Waals surface area contributed by atoms with Crippen LogP contribution in [0.25, 0.3) is 0 Å². The molecular weight excluding hydrogens is 182 g/mol. The van der Waals surface area contributed by atoms with E-state index in [1.807, 2.05) is 0 Å². The molecule has 1 N–H and O–H groups in total. The number of hydrogen-bond acceptors (Lipinski definition) is 1. The van der Waals surface area contributed by atoms with Gasteiger partial charge in [0.05, 0.1) is 0 Å². The molecule has 0 aliphatic heterocycles. The van der Waals surface area contributed by atoms with E-state index in [0.29, 0.717) is 11.5 Å². The van der Waals surface area contributed by atoms with Gasteiger partial charge in [0.25, 0.3) is 0 Å². The van der Waals surface area contributed by atoms with Crippen molar-refractivity contribution in [2.75, 3.05) is 7.05 Å². The van der Waals surface area contributed by atoms with Crippen LogP contribution in [0.2, 0.25) is 0 Å². The van der Waals surface area contributed by atoms with Gasteiger partial charge in [0.1, 0.15) is 0 Å². The van der Waals surface area contributed by atoms with Crippen molar-refractivity contribution in [3.8, 4) is 0 Å². The maximum absolute atomic E-state index is 3.47. The second kappa shape index (κ2) is 6.52. The van der Waals surface area contributed by atoms with Crippen LogP contribution in [0.3, 0.4) is 0 Å². The van der Waals surface area contributed by atoms with Crippen LogP contribution < -0.4 is 5.32 Å². The van der Waals surface area contributed by atoms with Crippen molar-refractivity contribution in [2.45, 2.75) is 66.8 Å². The molecule has 0 bridgehead atoms. The molecule has 0 aliphatic rings. The van der Waals surface area contributed by atoms with E-state index in [1.54, 1.807) is 0 Å². The van der Waals surface area contributed by atoms with Crippen LogP contribution in [-0.2, 0) is 0 Å². The zero-order valence-electron chi connectivity index (χ0n) is 11.9. The Labute approximate surface area is 97.0 Å². The lowest BCUT2D eigenvalue weighted by Crippen LogP contribution is -2.32. The fourth-order valence-electron chi connectivity index (χ4n) is 1.76. The predicted molar refractivity (Wildman–Crippen MR) is 70.2 cm³/mol. The van der Waals surface area contributed by atoms with Crippen molar-refractivity contribution in [1.82, 2.24) is 5.32 Å². The van der Waals surface area contributed by atoms with Gasteiger partial charge in [-0.05, 0) is 37.1 Å². The summed E-state index contributed by atoms with van der Waals surface area (Å²) in [7, 11) is 2.10. The highest BCUT2D eigenvalue weighted by Crippen LogP contribution is 2.30. The maximum Gasteiger partial charge on any atom is 0.00693 e. The van der Waals surface area contributed by atoms with Gasteiger partial charge < -0.3 is 5.32 Å². The van der Waals surface area contributed by atoms with Crippen LogP contribution in [0.15, 0.2) is 0 Å². The Kier molecular flexibility index (Phi) is 6.51. The SMILES string of the molecule is CCC(C)CC(CC(C)C(C)(C)C)NC. The number of hydrogen-bond donors (Lipinski definition) is 1. The lowest BCUT2D eigenvalue weighted by atomic mass is 9.77. The lowest BCUT2D eigenvalue weighted by molar-refractivity contribution is 0.214. The lowest BCUT2D eigenvalue weighted by Gasteiger charge is -2.31. The first kappa shape index (κ1) is 15.0. The molecule has 0 rings (SSSR count). The second-order valence-electron chi connectivity index (χ2n) is 6.24. The molecule has 3 atom stereocenters. The molecule has 92 valence electrons. The quantitative estimate of drug-likeness (QED) is 0.701. The van der Waals surface area contributed by atoms with Crippen molar-refractivity contribution in [1.29, 1.82) is 0 Å². The standard InChI is InChI=1S/C14H31N/c1-8-11(2)9-13(15-7)10-12(3)14(4,5)6/h11-13,15H,8-10H2,1-7H3. The van der Waals surface area contributed by atoms with E-state index in [9.17, 15) is 0 Å². The molecule has 0 spiro atoms. The highest BCUT2D eigenvalue weighted by molar-refractivity contribution is 4.77. The van der Waals surface area contributed by atoms with Crippen LogP contribution in [0.1, 0.15) is 60.8 Å². The van der Waals surface area contributed by atoms with Crippen molar-refractivity contribution in [3.63, 3.8) is 0 Å². The van der Waals surface area contributed by atoms with Crippen molar-refractivity contribution in [2.24, 2.45) is 17.3 Å². The number of nitrogens with one attached hydrogen (secondary N) is 1. The summed E-state index contributed by atoms with van der Waals surface area (Å²) < 4.78 is 0. The predicted octanol–water partition coefficient (Wildman–Crippen LogP) is 4.08. The Bertz CT molecular complexity index is 157. The molecule has 0 aromatic rings. The summed E-state index contributed by atoms with van der Waals surface area (Å²) in [5, 5.41) is 3.47. The molecule has 0 amide bonds. The van der Waals surface area contributed by atoms with E-state index in [1.165, 1.54) is 19.3 Å². The Morgan fingerprint density at radius 3 is 1.93 bits per heavy atom. The molecule has 1 heteroatoms. The molecule has 0 fully saturated rings. The van der Waals surface area contributed by atoms with Gasteiger partial charge in [-0.15, -0.1) is 0 Å². The van der Waals surface area contributed by atoms with Gasteiger partial charge >= 0.3 is 0 Å². The molecular formula is C14H31N. The summed E-state index contributed by atoms with van der Waals surface area (Å²) in [6.45, 7) is 14.0. The van der Waals surface area contributed by atoms with Crippen molar-refractivity contribution in [3.05, 3.63) is 0 Å². The fraction of sp³-hybridized carbons (Fsp3) is 1.00. The average molecular weight is 213 g/mol. The highest BCUT2D eigenvalue weighted by Gasteiger charge is 2.23. The van der Waals surface area contributed by atoms with Crippen molar-refractivity contribution < 1.29 is 0 Å². The molecule has 0 aromatic carbocycles. The van der Waals surface area contributed by atoms with Crippen LogP contribution >= 0.6 is 0 Å². The second-order valence-corrected chi connectivity index (χ2v) is 6.24. The normalized spacial score (nSPS) is 18.6. The molecule has 3 unspecified atom stereocenters. The first-order chi connectivity index (χ1) is 6.81. The third kappa shape index (κ3) is 6.19. The van der Waals surface area contributed by atoms with Gasteiger partial charge in [0.2, 0.25) is 0 Å². The molecule has 0 radical (unpaired) electrons. The van der Waals surface area contributed by atoms with Crippen LogP contribution in [0.5, 0.6) is 0 Å². The summed E-state index contributed by atoms with van der Waals surface area (Å²) in [5.41, 5.74) is 0.435. The van der Waals surface area contributed by atoms with Crippen LogP contribution in [0.4, 0.5) is 0 Å². The third-order valence-corrected chi connectivity index (χ3v) is 3.91. The Morgan fingerprint density at radius 2 is 1.60 bits per heavy atom. The zero-order chi connectivity index (χ0) is 12.1. The van der Waals surface area contributed by atoms with E-state index in [0.717, 1.165) is 11.8 Å². The average Bonchev–Trinajstić information content (AvgIpc) is 2.14. The van der Waals surface area contributed by atoms with Crippen LogP contribution in [0, 0.1) is 17.3 Å². The van der Waals surface area contributed by atoms with Gasteiger partial charge in [-0.2, -0.15) is 0 Å². The third-order valence-electron chi connectivity index (χ3n) is 3.91. The maximum atomic E-state index is 3.47. The summed E-state index contributed by atoms with van der Waals surface area (Å²) in [5.74, 6) is 1.62. The minimum atomic E-state index is 0.435. The topological polar surface area (TPSA) is 12.0 Å². The van der Waals surface area contributed by atoms with Gasteiger partial charge in [-0.3, -0.25) is 0 Å². The molecule has 0 saturated heterocycles. The molecule has 0 aromatic heterocycles. The van der Waals surface area contributed by atoms with E-state index in [2.05, 4.69) is 53.9 Å². The van der Waals surface area contributed by atoms with E-state index in [4.69, 9.17) is 0 Å². The molecule has 0 saturated carbocycles. The fourth-order valence-corrected chi connectivity index (χ4v) is 1.76. The zero-order valence-corrected chi connectivity index (χ0v) is 11.9. The number of rotatable bonds is 6.